The maximum Gasteiger partial charge on any atom is 0.338 e. The van der Waals surface area contributed by atoms with E-state index in [0.717, 1.165) is 21.3 Å². The summed E-state index contributed by atoms with van der Waals surface area (Å²) in [5.41, 5.74) is -1.29. The number of carbonyl (C=O) groups is 1. The smallest absolute Gasteiger partial charge is 0.338 e. The molecule has 0 aliphatic carbocycles. The van der Waals surface area contributed by atoms with Crippen LogP contribution in [-0.4, -0.2) is 38.7 Å². The van der Waals surface area contributed by atoms with E-state index < -0.39 is 40.8 Å². The zero-order valence-electron chi connectivity index (χ0n) is 20.4. The van der Waals surface area contributed by atoms with Crippen molar-refractivity contribution in [2.75, 3.05) is 18.0 Å². The number of amides is 1. The molecule has 0 saturated carbocycles. The highest BCUT2D eigenvalue weighted by Gasteiger charge is 2.44. The number of nitrogens with zero attached hydrogens (tertiary/aromatic N) is 5. The van der Waals surface area contributed by atoms with E-state index in [1.165, 1.54) is 6.20 Å². The van der Waals surface area contributed by atoms with Crippen molar-refractivity contribution in [1.29, 1.82) is 5.26 Å². The molecule has 38 heavy (non-hydrogen) atoms. The van der Waals surface area contributed by atoms with Crippen LogP contribution >= 0.6 is 0 Å². The van der Waals surface area contributed by atoms with Gasteiger partial charge in [-0.3, -0.25) is 19.1 Å². The van der Waals surface area contributed by atoms with E-state index in [1.807, 2.05) is 6.07 Å². The van der Waals surface area contributed by atoms with Crippen LogP contribution < -0.4 is 21.5 Å². The minimum absolute atomic E-state index is 0.00635. The lowest BCUT2D eigenvalue weighted by atomic mass is 9.97. The molecule has 5 rings (SSSR count). The average Bonchev–Trinajstić information content (AvgIpc) is 3.45. The monoisotopic (exact) mass is 524 g/mol. The van der Waals surface area contributed by atoms with Crippen molar-refractivity contribution in [3.8, 4) is 11.8 Å². The van der Waals surface area contributed by atoms with Crippen LogP contribution in [0.25, 0.3) is 5.69 Å². The molecule has 12 heteroatoms. The highest BCUT2D eigenvalue weighted by Crippen LogP contribution is 2.34. The first kappa shape index (κ1) is 25.3. The fourth-order valence-electron chi connectivity index (χ4n) is 5.36. The number of aromatic nitrogens is 3. The Labute approximate surface area is 214 Å². The van der Waals surface area contributed by atoms with Gasteiger partial charge in [0.05, 0.1) is 29.1 Å². The van der Waals surface area contributed by atoms with Gasteiger partial charge in [-0.05, 0) is 49.1 Å². The third-order valence-corrected chi connectivity index (χ3v) is 7.07. The van der Waals surface area contributed by atoms with Gasteiger partial charge in [0.1, 0.15) is 12.4 Å². The number of carbonyl (C=O) groups excluding carboxylic acids is 1. The highest BCUT2D eigenvalue weighted by molar-refractivity contribution is 5.80. The van der Waals surface area contributed by atoms with Gasteiger partial charge in [-0.2, -0.15) is 5.26 Å². The predicted molar refractivity (Wildman–Crippen MR) is 131 cm³/mol. The van der Waals surface area contributed by atoms with Gasteiger partial charge >= 0.3 is 5.69 Å². The lowest BCUT2D eigenvalue weighted by Crippen LogP contribution is -2.47. The van der Waals surface area contributed by atoms with Gasteiger partial charge in [0.2, 0.25) is 5.91 Å². The second-order valence-corrected chi connectivity index (χ2v) is 9.74. The summed E-state index contributed by atoms with van der Waals surface area (Å²) in [6.45, 7) is 1.95. The Balaban J connectivity index is 1.75. The Morgan fingerprint density at radius 3 is 2.47 bits per heavy atom. The standard InChI is InChI=1S/C26H23F3N6O3/c1-15-8-17(13-31-12-15)35-24(37)18(9-16-10-19(27)22(29)20(28)11-16)23(34(7-5-30)25(35)38)33-6-4-26(14-33)3-2-21(36)32-26/h8,10-13H,2-4,6-7,9,14H2,1H3,(H,32,36). The number of anilines is 1. The summed E-state index contributed by atoms with van der Waals surface area (Å²) in [6.07, 6.45) is 3.99. The molecular weight excluding hydrogens is 501 g/mol. The minimum Gasteiger partial charge on any atom is -0.355 e. The van der Waals surface area contributed by atoms with Gasteiger partial charge in [0, 0.05) is 32.1 Å². The molecule has 2 aliphatic rings. The van der Waals surface area contributed by atoms with Gasteiger partial charge in [-0.25, -0.2) is 22.5 Å². The SMILES string of the molecule is Cc1cncc(-n2c(=O)c(Cc3cc(F)c(F)c(F)c3)c(N3CCC4(CCC(=O)N4)C3)n(CC#N)c2=O)c1. The van der Waals surface area contributed by atoms with Gasteiger partial charge < -0.3 is 10.2 Å². The average molecular weight is 525 g/mol. The number of hydrogen-bond acceptors (Lipinski definition) is 6. The molecule has 1 aromatic carbocycles. The largest absolute Gasteiger partial charge is 0.355 e. The molecule has 9 nitrogen and oxygen atoms in total. The number of nitrogens with one attached hydrogen (secondary N) is 1. The first-order valence-electron chi connectivity index (χ1n) is 12.0. The third-order valence-electron chi connectivity index (χ3n) is 7.07. The van der Waals surface area contributed by atoms with E-state index in [0.29, 0.717) is 31.4 Å². The number of nitriles is 1. The van der Waals surface area contributed by atoms with Crippen LogP contribution in [0.1, 0.15) is 36.0 Å². The predicted octanol–water partition coefficient (Wildman–Crippen LogP) is 2.09. The molecular formula is C26H23F3N6O3. The molecule has 3 aromatic rings. The topological polar surface area (TPSA) is 113 Å². The van der Waals surface area contributed by atoms with Gasteiger partial charge in [-0.1, -0.05) is 0 Å². The number of halogens is 3. The fourth-order valence-corrected chi connectivity index (χ4v) is 5.36. The Morgan fingerprint density at radius 2 is 1.84 bits per heavy atom. The van der Waals surface area contributed by atoms with Gasteiger partial charge in [0.15, 0.2) is 17.5 Å². The van der Waals surface area contributed by atoms with Crippen molar-refractivity contribution >= 4 is 11.7 Å². The van der Waals surface area contributed by atoms with Crippen LogP contribution in [0.5, 0.6) is 0 Å². The lowest BCUT2D eigenvalue weighted by molar-refractivity contribution is -0.119. The Morgan fingerprint density at radius 1 is 1.11 bits per heavy atom. The molecule has 4 heterocycles. The fraction of sp³-hybridized carbons (Fsp3) is 0.346. The summed E-state index contributed by atoms with van der Waals surface area (Å²) < 4.78 is 43.8. The first-order valence-corrected chi connectivity index (χ1v) is 12.0. The summed E-state index contributed by atoms with van der Waals surface area (Å²) in [4.78, 5) is 45.4. The van der Waals surface area contributed by atoms with E-state index in [2.05, 4.69) is 10.3 Å². The Bertz CT molecular complexity index is 1600. The number of rotatable bonds is 5. The van der Waals surface area contributed by atoms with E-state index in [1.54, 1.807) is 24.1 Å². The molecule has 1 N–H and O–H groups in total. The van der Waals surface area contributed by atoms with Crippen molar-refractivity contribution in [3.05, 3.63) is 85.6 Å². The van der Waals surface area contributed by atoms with Crippen LogP contribution in [0.2, 0.25) is 0 Å². The van der Waals surface area contributed by atoms with Gasteiger partial charge in [-0.15, -0.1) is 0 Å². The molecule has 1 spiro atoms. The summed E-state index contributed by atoms with van der Waals surface area (Å²) in [5.74, 6) is -4.43. The maximum atomic E-state index is 14.1. The number of hydrogen-bond donors (Lipinski definition) is 1. The normalized spacial score (nSPS) is 18.7. The molecule has 0 radical (unpaired) electrons. The van der Waals surface area contributed by atoms with E-state index >= 15 is 0 Å². The molecule has 196 valence electrons. The molecule has 2 saturated heterocycles. The van der Waals surface area contributed by atoms with E-state index in [9.17, 15) is 32.8 Å². The van der Waals surface area contributed by atoms with Crippen LogP contribution in [0.15, 0.2) is 40.2 Å². The number of aryl methyl sites for hydroxylation is 1. The zero-order chi connectivity index (χ0) is 27.2. The third kappa shape index (κ3) is 4.34. The summed E-state index contributed by atoms with van der Waals surface area (Å²) in [7, 11) is 0. The van der Waals surface area contributed by atoms with Crippen LogP contribution in [-0.2, 0) is 17.8 Å². The lowest BCUT2D eigenvalue weighted by Gasteiger charge is -2.28. The van der Waals surface area contributed by atoms with E-state index in [4.69, 9.17) is 0 Å². The second-order valence-electron chi connectivity index (χ2n) is 9.74. The van der Waals surface area contributed by atoms with Crippen molar-refractivity contribution in [2.24, 2.45) is 0 Å². The van der Waals surface area contributed by atoms with Crippen LogP contribution in [0.3, 0.4) is 0 Å². The van der Waals surface area contributed by atoms with Crippen molar-refractivity contribution in [3.63, 3.8) is 0 Å². The maximum absolute atomic E-state index is 14.1. The van der Waals surface area contributed by atoms with Crippen molar-refractivity contribution in [2.45, 2.75) is 44.7 Å². The number of pyridine rings is 1. The first-order chi connectivity index (χ1) is 18.1. The zero-order valence-corrected chi connectivity index (χ0v) is 20.4. The molecule has 1 atom stereocenters. The molecule has 2 aromatic heterocycles. The summed E-state index contributed by atoms with van der Waals surface area (Å²) >= 11 is 0. The van der Waals surface area contributed by atoms with Gasteiger partial charge in [0.25, 0.3) is 5.56 Å². The highest BCUT2D eigenvalue weighted by atomic mass is 19.2. The molecule has 1 amide bonds. The van der Waals surface area contributed by atoms with Crippen molar-refractivity contribution in [1.82, 2.24) is 19.4 Å². The van der Waals surface area contributed by atoms with Crippen LogP contribution in [0.4, 0.5) is 19.0 Å². The van der Waals surface area contributed by atoms with Crippen molar-refractivity contribution < 1.29 is 18.0 Å². The number of benzene rings is 1. The summed E-state index contributed by atoms with van der Waals surface area (Å²) in [5, 5.41) is 12.6. The van der Waals surface area contributed by atoms with E-state index in [-0.39, 0.29) is 41.5 Å². The van der Waals surface area contributed by atoms with Crippen LogP contribution in [0, 0.1) is 35.7 Å². The molecule has 2 fully saturated rings. The summed E-state index contributed by atoms with van der Waals surface area (Å²) in [6, 6.07) is 5.11. The quantitative estimate of drug-likeness (QED) is 0.512. The Hall–Kier alpha value is -4.40. The molecule has 2 aliphatic heterocycles. The molecule has 1 unspecified atom stereocenters. The minimum atomic E-state index is -1.63. The Kier molecular flexibility index (Phi) is 6.30. The second kappa shape index (κ2) is 9.48. The molecule has 0 bridgehead atoms.